The Hall–Kier alpha value is -2.21. The summed E-state index contributed by atoms with van der Waals surface area (Å²) in [7, 11) is -9.94. The van der Waals surface area contributed by atoms with Crippen LogP contribution in [0.15, 0.2) is 46.2 Å². The molecule has 0 unspecified atom stereocenters. The maximum atomic E-state index is 14.1. The molecule has 11 heteroatoms. The van der Waals surface area contributed by atoms with Crippen molar-refractivity contribution in [1.82, 2.24) is 0 Å². The van der Waals surface area contributed by atoms with Gasteiger partial charge in [0.05, 0.1) is 11.1 Å². The van der Waals surface area contributed by atoms with Gasteiger partial charge in [0, 0.05) is 0 Å². The van der Waals surface area contributed by atoms with E-state index in [-0.39, 0.29) is 0 Å². The predicted molar refractivity (Wildman–Crippen MR) is 75.9 cm³/mol. The summed E-state index contributed by atoms with van der Waals surface area (Å²) in [6.07, 6.45) is 0. The molecule has 0 aromatic heterocycles. The van der Waals surface area contributed by atoms with Crippen molar-refractivity contribution in [3.05, 3.63) is 59.2 Å². The van der Waals surface area contributed by atoms with Crippen LogP contribution in [0, 0.1) is 11.6 Å². The van der Waals surface area contributed by atoms with Crippen molar-refractivity contribution in [2.24, 2.45) is 0 Å². The van der Waals surface area contributed by atoms with Crippen molar-refractivity contribution in [2.45, 2.75) is 9.79 Å². The van der Waals surface area contributed by atoms with E-state index in [0.29, 0.717) is 12.1 Å². The van der Waals surface area contributed by atoms with Crippen LogP contribution in [0.3, 0.4) is 0 Å². The molecular weight excluding hydrogens is 370 g/mol. The van der Waals surface area contributed by atoms with E-state index in [1.165, 1.54) is 0 Å². The molecule has 24 heavy (non-hydrogen) atoms. The van der Waals surface area contributed by atoms with E-state index in [1.54, 1.807) is 0 Å². The van der Waals surface area contributed by atoms with E-state index in [4.69, 9.17) is 9.11 Å². The van der Waals surface area contributed by atoms with Gasteiger partial charge in [-0.05, 0) is 24.3 Å². The quantitative estimate of drug-likeness (QED) is 0.612. The van der Waals surface area contributed by atoms with Crippen LogP contribution in [0.1, 0.15) is 15.9 Å². The first-order valence-corrected chi connectivity index (χ1v) is 8.89. The van der Waals surface area contributed by atoms with Crippen LogP contribution in [-0.2, 0) is 20.2 Å². The summed E-state index contributed by atoms with van der Waals surface area (Å²) in [6.45, 7) is 0. The predicted octanol–water partition coefficient (Wildman–Crippen LogP) is 1.69. The van der Waals surface area contributed by atoms with Crippen molar-refractivity contribution >= 4 is 26.0 Å². The lowest BCUT2D eigenvalue weighted by Crippen LogP contribution is -2.13. The second kappa shape index (κ2) is 6.02. The largest absolute Gasteiger partial charge is 0.297 e. The zero-order chi connectivity index (χ0) is 18.3. The van der Waals surface area contributed by atoms with Gasteiger partial charge >= 0.3 is 0 Å². The number of halogens is 2. The molecule has 0 radical (unpaired) electrons. The second-order valence-corrected chi connectivity index (χ2v) is 7.29. The average Bonchev–Trinajstić information content (AvgIpc) is 2.44. The molecule has 0 saturated carbocycles. The van der Waals surface area contributed by atoms with E-state index in [0.717, 1.165) is 24.3 Å². The third kappa shape index (κ3) is 3.33. The Morgan fingerprint density at radius 3 is 1.38 bits per heavy atom. The number of hydrogen-bond donors (Lipinski definition) is 2. The maximum absolute atomic E-state index is 14.1. The Kier molecular flexibility index (Phi) is 4.55. The fraction of sp³-hybridized carbons (Fsp3) is 0. The van der Waals surface area contributed by atoms with Crippen LogP contribution in [-0.4, -0.2) is 31.7 Å². The van der Waals surface area contributed by atoms with Gasteiger partial charge in [-0.2, -0.15) is 16.8 Å². The third-order valence-electron chi connectivity index (χ3n) is 2.97. The number of hydrogen-bond acceptors (Lipinski definition) is 5. The molecule has 0 amide bonds. The molecular formula is C13H8F2O7S2. The monoisotopic (exact) mass is 378 g/mol. The highest BCUT2D eigenvalue weighted by Crippen LogP contribution is 2.24. The van der Waals surface area contributed by atoms with Crippen molar-refractivity contribution in [3.8, 4) is 0 Å². The molecule has 0 aliphatic rings. The highest BCUT2D eigenvalue weighted by molar-refractivity contribution is 7.86. The van der Waals surface area contributed by atoms with Gasteiger partial charge in [-0.15, -0.1) is 0 Å². The smallest absolute Gasteiger partial charge is 0.288 e. The fourth-order valence-corrected chi connectivity index (χ4v) is 3.09. The van der Waals surface area contributed by atoms with Gasteiger partial charge in [0.25, 0.3) is 20.2 Å². The van der Waals surface area contributed by atoms with Crippen LogP contribution in [0.4, 0.5) is 8.78 Å². The molecule has 0 bridgehead atoms. The molecule has 0 aliphatic carbocycles. The minimum atomic E-state index is -4.97. The number of carbonyl (C=O) groups excluding carboxylic acids is 1. The number of ketones is 1. The molecule has 128 valence electrons. The molecule has 0 aliphatic heterocycles. The summed E-state index contributed by atoms with van der Waals surface area (Å²) in [5.74, 6) is -4.62. The van der Waals surface area contributed by atoms with Gasteiger partial charge in [-0.1, -0.05) is 12.1 Å². The molecule has 2 aromatic carbocycles. The van der Waals surface area contributed by atoms with Crippen molar-refractivity contribution in [2.75, 3.05) is 0 Å². The Morgan fingerprint density at radius 2 is 1.08 bits per heavy atom. The fourth-order valence-electron chi connectivity index (χ4n) is 1.92. The van der Waals surface area contributed by atoms with Gasteiger partial charge in [0.2, 0.25) is 0 Å². The second-order valence-electron chi connectivity index (χ2n) is 4.51. The average molecular weight is 378 g/mol. The molecule has 2 rings (SSSR count). The molecule has 2 aromatic rings. The lowest BCUT2D eigenvalue weighted by molar-refractivity contribution is 0.103. The SMILES string of the molecule is O=C(c1cccc(S(=O)(=O)O)c1F)c1cccc(S(=O)(=O)O)c1F. The summed E-state index contributed by atoms with van der Waals surface area (Å²) in [5.41, 5.74) is -1.81. The van der Waals surface area contributed by atoms with E-state index >= 15 is 0 Å². The number of rotatable bonds is 4. The van der Waals surface area contributed by atoms with E-state index < -0.39 is 58.6 Å². The highest BCUT2D eigenvalue weighted by atomic mass is 32.2. The van der Waals surface area contributed by atoms with Crippen LogP contribution < -0.4 is 0 Å². The first-order valence-electron chi connectivity index (χ1n) is 6.01. The molecule has 2 N–H and O–H groups in total. The molecule has 0 spiro atoms. The van der Waals surface area contributed by atoms with Crippen LogP contribution in [0.2, 0.25) is 0 Å². The van der Waals surface area contributed by atoms with Gasteiger partial charge in [-0.3, -0.25) is 13.9 Å². The molecule has 0 heterocycles. The van der Waals surface area contributed by atoms with Gasteiger partial charge < -0.3 is 0 Å². The standard InChI is InChI=1S/C13H8F2O7S2/c14-11-7(3-1-5-9(11)23(17,18)19)13(16)8-4-2-6-10(12(8)15)24(20,21)22/h1-6H,(H,17,18,19)(H,20,21,22). The van der Waals surface area contributed by atoms with Crippen molar-refractivity contribution in [1.29, 1.82) is 0 Å². The summed E-state index contributed by atoms with van der Waals surface area (Å²) in [4.78, 5) is 9.82. The van der Waals surface area contributed by atoms with Crippen LogP contribution in [0.25, 0.3) is 0 Å². The molecule has 0 atom stereocenters. The summed E-state index contributed by atoms with van der Waals surface area (Å²) in [6, 6.07) is 4.89. The minimum absolute atomic E-state index is 0.687. The Labute approximate surface area is 135 Å². The van der Waals surface area contributed by atoms with E-state index in [2.05, 4.69) is 0 Å². The zero-order valence-electron chi connectivity index (χ0n) is 11.5. The Morgan fingerprint density at radius 1 is 0.750 bits per heavy atom. The van der Waals surface area contributed by atoms with Crippen molar-refractivity contribution in [3.63, 3.8) is 0 Å². The van der Waals surface area contributed by atoms with Gasteiger partial charge in [-0.25, -0.2) is 8.78 Å². The van der Waals surface area contributed by atoms with Crippen molar-refractivity contribution < 1.29 is 39.5 Å². The molecule has 0 saturated heterocycles. The van der Waals surface area contributed by atoms with Gasteiger partial charge in [0.15, 0.2) is 17.4 Å². The number of carbonyl (C=O) groups is 1. The summed E-state index contributed by atoms with van der Waals surface area (Å²) >= 11 is 0. The maximum Gasteiger partial charge on any atom is 0.297 e. The minimum Gasteiger partial charge on any atom is -0.288 e. The summed E-state index contributed by atoms with van der Waals surface area (Å²) < 4.78 is 90.2. The first-order chi connectivity index (χ1) is 10.9. The topological polar surface area (TPSA) is 126 Å². The lowest BCUT2D eigenvalue weighted by Gasteiger charge is -2.08. The number of benzene rings is 2. The Bertz CT molecular complexity index is 960. The highest BCUT2D eigenvalue weighted by Gasteiger charge is 2.27. The molecule has 7 nitrogen and oxygen atoms in total. The molecule has 0 fully saturated rings. The summed E-state index contributed by atoms with van der Waals surface area (Å²) in [5, 5.41) is 0. The lowest BCUT2D eigenvalue weighted by atomic mass is 10.0. The first kappa shape index (κ1) is 18.1. The van der Waals surface area contributed by atoms with Crippen LogP contribution in [0.5, 0.6) is 0 Å². The van der Waals surface area contributed by atoms with Gasteiger partial charge in [0.1, 0.15) is 9.79 Å². The normalized spacial score (nSPS) is 12.2. The van der Waals surface area contributed by atoms with E-state index in [9.17, 15) is 30.4 Å². The third-order valence-corrected chi connectivity index (χ3v) is 4.71. The van der Waals surface area contributed by atoms with Crippen LogP contribution >= 0.6 is 0 Å². The van der Waals surface area contributed by atoms with E-state index in [1.807, 2.05) is 0 Å². The Balaban J connectivity index is 2.68. The zero-order valence-corrected chi connectivity index (χ0v) is 13.1.